The zero-order valence-electron chi connectivity index (χ0n) is 14.2. The number of pyridine rings is 1. The van der Waals surface area contributed by atoms with Gasteiger partial charge in [0.25, 0.3) is 5.91 Å². The highest BCUT2D eigenvalue weighted by molar-refractivity contribution is 6.04. The third-order valence-corrected chi connectivity index (χ3v) is 4.49. The van der Waals surface area contributed by atoms with Crippen molar-refractivity contribution in [1.29, 1.82) is 0 Å². The molecule has 0 atom stereocenters. The number of fused-ring (bicyclic) bond motifs is 1. The number of halogens is 1. The van der Waals surface area contributed by atoms with E-state index in [-0.39, 0.29) is 11.7 Å². The first-order chi connectivity index (χ1) is 12.7. The largest absolute Gasteiger partial charge is 0.340 e. The summed E-state index contributed by atoms with van der Waals surface area (Å²) in [6.45, 7) is 0.883. The van der Waals surface area contributed by atoms with Crippen molar-refractivity contribution in [3.05, 3.63) is 83.9 Å². The Labute approximate surface area is 151 Å². The lowest BCUT2D eigenvalue weighted by Crippen LogP contribution is -2.25. The molecule has 130 valence electrons. The van der Waals surface area contributed by atoms with Crippen LogP contribution in [0.2, 0.25) is 0 Å². The van der Waals surface area contributed by atoms with Crippen LogP contribution in [0.15, 0.2) is 67.0 Å². The number of para-hydroxylation sites is 1. The van der Waals surface area contributed by atoms with Crippen LogP contribution >= 0.6 is 0 Å². The van der Waals surface area contributed by atoms with Crippen LogP contribution in [0.1, 0.15) is 22.3 Å². The van der Waals surface area contributed by atoms with Crippen LogP contribution < -0.4 is 10.2 Å². The lowest BCUT2D eigenvalue weighted by molar-refractivity contribution is 0.102. The molecule has 2 heterocycles. The van der Waals surface area contributed by atoms with E-state index >= 15 is 0 Å². The first-order valence-corrected chi connectivity index (χ1v) is 8.58. The van der Waals surface area contributed by atoms with Crippen LogP contribution in [-0.4, -0.2) is 17.4 Å². The predicted octanol–water partition coefficient (Wildman–Crippen LogP) is 4.56. The Bertz CT molecular complexity index is 957. The van der Waals surface area contributed by atoms with E-state index in [4.69, 9.17) is 0 Å². The Morgan fingerprint density at radius 3 is 2.85 bits per heavy atom. The van der Waals surface area contributed by atoms with Gasteiger partial charge in [-0.2, -0.15) is 0 Å². The van der Waals surface area contributed by atoms with E-state index in [0.717, 1.165) is 30.8 Å². The maximum atomic E-state index is 13.3. The van der Waals surface area contributed by atoms with Crippen LogP contribution in [0.4, 0.5) is 21.5 Å². The van der Waals surface area contributed by atoms with Gasteiger partial charge < -0.3 is 10.2 Å². The van der Waals surface area contributed by atoms with Gasteiger partial charge in [-0.1, -0.05) is 24.3 Å². The summed E-state index contributed by atoms with van der Waals surface area (Å²) < 4.78 is 13.3. The predicted molar refractivity (Wildman–Crippen MR) is 100 cm³/mol. The fourth-order valence-corrected chi connectivity index (χ4v) is 3.27. The molecule has 1 aromatic heterocycles. The van der Waals surface area contributed by atoms with Crippen molar-refractivity contribution in [2.75, 3.05) is 16.8 Å². The summed E-state index contributed by atoms with van der Waals surface area (Å²) in [4.78, 5) is 18.9. The molecule has 1 N–H and O–H groups in total. The SMILES string of the molecule is O=C(Nc1cccc(F)c1)c1cncc(N2CCCc3ccccc32)c1. The molecule has 2 aromatic carbocycles. The van der Waals surface area contributed by atoms with Gasteiger partial charge in [0.1, 0.15) is 5.82 Å². The van der Waals surface area contributed by atoms with Gasteiger partial charge in [-0.25, -0.2) is 4.39 Å². The normalized spacial score (nSPS) is 13.2. The van der Waals surface area contributed by atoms with Gasteiger partial charge >= 0.3 is 0 Å². The fraction of sp³-hybridized carbons (Fsp3) is 0.143. The number of amides is 1. The summed E-state index contributed by atoms with van der Waals surface area (Å²) in [5.41, 5.74) is 4.19. The number of carbonyl (C=O) groups excluding carboxylic acids is 1. The van der Waals surface area contributed by atoms with Gasteiger partial charge in [-0.3, -0.25) is 9.78 Å². The van der Waals surface area contributed by atoms with Crippen molar-refractivity contribution >= 4 is 23.0 Å². The van der Waals surface area contributed by atoms with Gasteiger partial charge in [-0.05, 0) is 48.7 Å². The summed E-state index contributed by atoms with van der Waals surface area (Å²) in [5.74, 6) is -0.699. The van der Waals surface area contributed by atoms with Crippen LogP contribution in [0.25, 0.3) is 0 Å². The second-order valence-corrected chi connectivity index (χ2v) is 6.28. The van der Waals surface area contributed by atoms with E-state index in [1.165, 1.54) is 23.9 Å². The van der Waals surface area contributed by atoms with Crippen molar-refractivity contribution in [2.24, 2.45) is 0 Å². The number of hydrogen-bond acceptors (Lipinski definition) is 3. The minimum atomic E-state index is -0.389. The molecular formula is C21H18FN3O. The van der Waals surface area contributed by atoms with Crippen molar-refractivity contribution in [3.8, 4) is 0 Å². The van der Waals surface area contributed by atoms with E-state index in [1.807, 2.05) is 18.2 Å². The van der Waals surface area contributed by atoms with Crippen LogP contribution in [0.5, 0.6) is 0 Å². The van der Waals surface area contributed by atoms with E-state index in [9.17, 15) is 9.18 Å². The van der Waals surface area contributed by atoms with E-state index in [2.05, 4.69) is 27.3 Å². The Hall–Kier alpha value is -3.21. The van der Waals surface area contributed by atoms with Crippen molar-refractivity contribution < 1.29 is 9.18 Å². The molecule has 0 saturated carbocycles. The molecule has 0 radical (unpaired) electrons. The summed E-state index contributed by atoms with van der Waals surface area (Å²) in [5, 5.41) is 2.71. The number of benzene rings is 2. The number of nitrogens with zero attached hydrogens (tertiary/aromatic N) is 2. The average Bonchev–Trinajstić information content (AvgIpc) is 2.67. The van der Waals surface area contributed by atoms with Crippen molar-refractivity contribution in [1.82, 2.24) is 4.98 Å². The van der Waals surface area contributed by atoms with Crippen molar-refractivity contribution in [2.45, 2.75) is 12.8 Å². The monoisotopic (exact) mass is 347 g/mol. The zero-order valence-corrected chi connectivity index (χ0v) is 14.2. The molecule has 0 spiro atoms. The van der Waals surface area contributed by atoms with Crippen molar-refractivity contribution in [3.63, 3.8) is 0 Å². The molecule has 3 aromatic rings. The number of nitrogens with one attached hydrogen (secondary N) is 1. The average molecular weight is 347 g/mol. The third-order valence-electron chi connectivity index (χ3n) is 4.49. The quantitative estimate of drug-likeness (QED) is 0.755. The molecule has 5 heteroatoms. The zero-order chi connectivity index (χ0) is 17.9. The van der Waals surface area contributed by atoms with E-state index in [1.54, 1.807) is 18.3 Å². The lowest BCUT2D eigenvalue weighted by atomic mass is 10.0. The number of carbonyl (C=O) groups is 1. The summed E-state index contributed by atoms with van der Waals surface area (Å²) >= 11 is 0. The molecule has 0 aliphatic carbocycles. The molecular weight excluding hydrogens is 329 g/mol. The molecule has 26 heavy (non-hydrogen) atoms. The van der Waals surface area contributed by atoms with Crippen LogP contribution in [0, 0.1) is 5.82 Å². The minimum Gasteiger partial charge on any atom is -0.340 e. The molecule has 0 unspecified atom stereocenters. The van der Waals surface area contributed by atoms with E-state index < -0.39 is 0 Å². The molecule has 4 nitrogen and oxygen atoms in total. The summed E-state index contributed by atoms with van der Waals surface area (Å²) in [6, 6.07) is 16.0. The Morgan fingerprint density at radius 1 is 1.08 bits per heavy atom. The molecule has 0 saturated heterocycles. The maximum Gasteiger partial charge on any atom is 0.257 e. The third kappa shape index (κ3) is 3.28. The molecule has 1 aliphatic rings. The summed E-state index contributed by atoms with van der Waals surface area (Å²) in [7, 11) is 0. The Kier molecular flexibility index (Phi) is 4.35. The summed E-state index contributed by atoms with van der Waals surface area (Å²) in [6.07, 6.45) is 5.39. The molecule has 1 aliphatic heterocycles. The first-order valence-electron chi connectivity index (χ1n) is 8.58. The van der Waals surface area contributed by atoms with Gasteiger partial charge in [0.2, 0.25) is 0 Å². The molecule has 0 fully saturated rings. The number of anilines is 3. The smallest absolute Gasteiger partial charge is 0.257 e. The molecule has 0 bridgehead atoms. The number of hydrogen-bond donors (Lipinski definition) is 1. The van der Waals surface area contributed by atoms with Gasteiger partial charge in [-0.15, -0.1) is 0 Å². The maximum absolute atomic E-state index is 13.3. The number of aromatic nitrogens is 1. The highest BCUT2D eigenvalue weighted by atomic mass is 19.1. The fourth-order valence-electron chi connectivity index (χ4n) is 3.27. The van der Waals surface area contributed by atoms with Gasteiger partial charge in [0, 0.05) is 24.1 Å². The minimum absolute atomic E-state index is 0.310. The van der Waals surface area contributed by atoms with Gasteiger partial charge in [0.15, 0.2) is 0 Å². The Balaban J connectivity index is 1.60. The Morgan fingerprint density at radius 2 is 1.96 bits per heavy atom. The van der Waals surface area contributed by atoms with Crippen LogP contribution in [-0.2, 0) is 6.42 Å². The first kappa shape index (κ1) is 16.3. The highest BCUT2D eigenvalue weighted by Crippen LogP contribution is 2.33. The molecule has 4 rings (SSSR count). The highest BCUT2D eigenvalue weighted by Gasteiger charge is 2.19. The lowest BCUT2D eigenvalue weighted by Gasteiger charge is -2.31. The van der Waals surface area contributed by atoms with Crippen LogP contribution in [0.3, 0.4) is 0 Å². The standard InChI is InChI=1S/C21H18FN3O/c22-17-7-3-8-18(12-17)24-21(26)16-11-19(14-23-13-16)25-10-4-6-15-5-1-2-9-20(15)25/h1-3,5,7-9,11-14H,4,6,10H2,(H,24,26). The number of aryl methyl sites for hydroxylation is 1. The topological polar surface area (TPSA) is 45.2 Å². The number of rotatable bonds is 3. The second kappa shape index (κ2) is 6.96. The van der Waals surface area contributed by atoms with E-state index in [0.29, 0.717) is 11.3 Å². The second-order valence-electron chi connectivity index (χ2n) is 6.28. The molecule has 1 amide bonds. The van der Waals surface area contributed by atoms with Gasteiger partial charge in [0.05, 0.1) is 17.4 Å².